The summed E-state index contributed by atoms with van der Waals surface area (Å²) >= 11 is 8.15. The van der Waals surface area contributed by atoms with Crippen molar-refractivity contribution in [1.82, 2.24) is 4.90 Å². The molecule has 16 heavy (non-hydrogen) atoms. The SMILES string of the molecule is NC(=NCc1ccc(Cl)cc1I)N1CCC1. The summed E-state index contributed by atoms with van der Waals surface area (Å²) in [7, 11) is 0. The highest BCUT2D eigenvalue weighted by Crippen LogP contribution is 2.18. The second-order valence-electron chi connectivity index (χ2n) is 3.75. The average molecular weight is 350 g/mol. The van der Waals surface area contributed by atoms with Crippen molar-refractivity contribution in [2.24, 2.45) is 10.7 Å². The molecule has 2 N–H and O–H groups in total. The van der Waals surface area contributed by atoms with Crippen molar-refractivity contribution in [2.75, 3.05) is 13.1 Å². The van der Waals surface area contributed by atoms with Gasteiger partial charge in [0.25, 0.3) is 0 Å². The second-order valence-corrected chi connectivity index (χ2v) is 5.35. The topological polar surface area (TPSA) is 41.6 Å². The first-order chi connectivity index (χ1) is 7.66. The summed E-state index contributed by atoms with van der Waals surface area (Å²) in [6.07, 6.45) is 1.22. The molecule has 1 heterocycles. The number of aliphatic imine (C=N–C) groups is 1. The summed E-state index contributed by atoms with van der Waals surface area (Å²) in [4.78, 5) is 6.47. The molecule has 0 unspecified atom stereocenters. The Hall–Kier alpha value is -0.490. The Morgan fingerprint density at radius 2 is 2.25 bits per heavy atom. The molecule has 3 nitrogen and oxygen atoms in total. The zero-order chi connectivity index (χ0) is 11.5. The van der Waals surface area contributed by atoms with E-state index in [4.69, 9.17) is 17.3 Å². The van der Waals surface area contributed by atoms with Crippen LogP contribution in [0.15, 0.2) is 23.2 Å². The minimum atomic E-state index is 0.623. The van der Waals surface area contributed by atoms with Gasteiger partial charge in [-0.15, -0.1) is 0 Å². The van der Waals surface area contributed by atoms with Crippen LogP contribution in [0, 0.1) is 3.57 Å². The number of nitrogens with two attached hydrogens (primary N) is 1. The summed E-state index contributed by atoms with van der Waals surface area (Å²) in [6, 6.07) is 5.82. The van der Waals surface area contributed by atoms with Crippen molar-refractivity contribution in [3.05, 3.63) is 32.4 Å². The summed E-state index contributed by atoms with van der Waals surface area (Å²) in [5.41, 5.74) is 7.01. The molecular formula is C11H13ClIN3. The zero-order valence-electron chi connectivity index (χ0n) is 8.79. The highest BCUT2D eigenvalue weighted by Gasteiger charge is 2.15. The average Bonchev–Trinajstić information content (AvgIpc) is 2.13. The first kappa shape index (κ1) is 12.0. The molecule has 0 saturated carbocycles. The highest BCUT2D eigenvalue weighted by atomic mass is 127. The third-order valence-corrected chi connectivity index (χ3v) is 3.85. The monoisotopic (exact) mass is 349 g/mol. The number of benzene rings is 1. The molecule has 1 fully saturated rings. The lowest BCUT2D eigenvalue weighted by Gasteiger charge is -2.31. The predicted octanol–water partition coefficient (Wildman–Crippen LogP) is 2.47. The second kappa shape index (κ2) is 5.23. The minimum Gasteiger partial charge on any atom is -0.370 e. The number of halogens is 2. The third kappa shape index (κ3) is 2.79. The maximum absolute atomic E-state index is 5.89. The van der Waals surface area contributed by atoms with Crippen LogP contribution in [0.25, 0.3) is 0 Å². The molecule has 0 aromatic heterocycles. The van der Waals surface area contributed by atoms with Crippen LogP contribution in [-0.2, 0) is 6.54 Å². The fourth-order valence-electron chi connectivity index (χ4n) is 1.46. The molecule has 1 aliphatic heterocycles. The maximum Gasteiger partial charge on any atom is 0.191 e. The number of nitrogens with zero attached hydrogens (tertiary/aromatic N) is 2. The zero-order valence-corrected chi connectivity index (χ0v) is 11.7. The van der Waals surface area contributed by atoms with Gasteiger partial charge in [0.2, 0.25) is 0 Å². The molecule has 1 aromatic carbocycles. The molecule has 1 aliphatic rings. The predicted molar refractivity (Wildman–Crippen MR) is 75.7 cm³/mol. The van der Waals surface area contributed by atoms with Crippen LogP contribution in [0.3, 0.4) is 0 Å². The quantitative estimate of drug-likeness (QED) is 0.506. The van der Waals surface area contributed by atoms with Crippen molar-refractivity contribution in [3.63, 3.8) is 0 Å². The van der Waals surface area contributed by atoms with Gasteiger partial charge in [-0.1, -0.05) is 17.7 Å². The smallest absolute Gasteiger partial charge is 0.191 e. The van der Waals surface area contributed by atoms with Crippen molar-refractivity contribution in [2.45, 2.75) is 13.0 Å². The number of hydrogen-bond acceptors (Lipinski definition) is 1. The number of hydrogen-bond donors (Lipinski definition) is 1. The van der Waals surface area contributed by atoms with Gasteiger partial charge in [-0.2, -0.15) is 0 Å². The fraction of sp³-hybridized carbons (Fsp3) is 0.364. The van der Waals surface area contributed by atoms with Gasteiger partial charge in [0.1, 0.15) is 0 Å². The summed E-state index contributed by atoms with van der Waals surface area (Å²) in [5.74, 6) is 0.650. The molecule has 0 aliphatic carbocycles. The minimum absolute atomic E-state index is 0.623. The van der Waals surface area contributed by atoms with Crippen LogP contribution in [0.1, 0.15) is 12.0 Å². The molecule has 0 spiro atoms. The van der Waals surface area contributed by atoms with Crippen molar-refractivity contribution in [3.8, 4) is 0 Å². The fourth-order valence-corrected chi connectivity index (χ4v) is 2.50. The Labute approximate surface area is 114 Å². The largest absolute Gasteiger partial charge is 0.370 e. The van der Waals surface area contributed by atoms with Gasteiger partial charge in [-0.3, -0.25) is 0 Å². The highest BCUT2D eigenvalue weighted by molar-refractivity contribution is 14.1. The van der Waals surface area contributed by atoms with Crippen LogP contribution in [0.5, 0.6) is 0 Å². The van der Waals surface area contributed by atoms with E-state index >= 15 is 0 Å². The van der Waals surface area contributed by atoms with E-state index in [-0.39, 0.29) is 0 Å². The van der Waals surface area contributed by atoms with Crippen molar-refractivity contribution in [1.29, 1.82) is 0 Å². The van der Waals surface area contributed by atoms with E-state index in [9.17, 15) is 0 Å². The van der Waals surface area contributed by atoms with Crippen LogP contribution < -0.4 is 5.73 Å². The number of rotatable bonds is 2. The lowest BCUT2D eigenvalue weighted by atomic mass is 10.2. The number of guanidine groups is 1. The van der Waals surface area contributed by atoms with E-state index in [0.717, 1.165) is 27.2 Å². The van der Waals surface area contributed by atoms with E-state index < -0.39 is 0 Å². The third-order valence-electron chi connectivity index (χ3n) is 2.61. The van der Waals surface area contributed by atoms with E-state index in [1.807, 2.05) is 18.2 Å². The molecule has 2 rings (SSSR count). The van der Waals surface area contributed by atoms with Gasteiger partial charge in [0.05, 0.1) is 6.54 Å². The Morgan fingerprint density at radius 3 is 2.81 bits per heavy atom. The Balaban J connectivity index is 2.03. The van der Waals surface area contributed by atoms with E-state index in [1.165, 1.54) is 6.42 Å². The molecular weight excluding hydrogens is 336 g/mol. The van der Waals surface area contributed by atoms with Crippen molar-refractivity contribution >= 4 is 40.2 Å². The summed E-state index contributed by atoms with van der Waals surface area (Å²) < 4.78 is 1.13. The summed E-state index contributed by atoms with van der Waals surface area (Å²) in [5, 5.41) is 0.757. The lowest BCUT2D eigenvalue weighted by molar-refractivity contribution is 0.295. The van der Waals surface area contributed by atoms with Gasteiger partial charge < -0.3 is 10.6 Å². The number of likely N-dealkylation sites (tertiary alicyclic amines) is 1. The Morgan fingerprint density at radius 1 is 1.50 bits per heavy atom. The molecule has 0 atom stereocenters. The molecule has 86 valence electrons. The van der Waals surface area contributed by atoms with Crippen LogP contribution >= 0.6 is 34.2 Å². The van der Waals surface area contributed by atoms with E-state index in [2.05, 4.69) is 32.5 Å². The standard InChI is InChI=1S/C11H13ClIN3/c12-9-3-2-8(10(13)6-9)7-15-11(14)16-4-1-5-16/h2-3,6H,1,4-5,7H2,(H2,14,15). The summed E-state index contributed by atoms with van der Waals surface area (Å²) in [6.45, 7) is 2.69. The normalized spacial score (nSPS) is 16.1. The van der Waals surface area contributed by atoms with E-state index in [0.29, 0.717) is 12.5 Å². The van der Waals surface area contributed by atoms with Crippen molar-refractivity contribution < 1.29 is 0 Å². The van der Waals surface area contributed by atoms with Gasteiger partial charge in [0, 0.05) is 21.7 Å². The van der Waals surface area contributed by atoms with Gasteiger partial charge in [-0.05, 0) is 46.7 Å². The first-order valence-electron chi connectivity index (χ1n) is 5.15. The van der Waals surface area contributed by atoms with Gasteiger partial charge in [-0.25, -0.2) is 4.99 Å². The van der Waals surface area contributed by atoms with Crippen LogP contribution in [0.4, 0.5) is 0 Å². The Bertz CT molecular complexity index is 416. The van der Waals surface area contributed by atoms with Gasteiger partial charge >= 0.3 is 0 Å². The molecule has 1 saturated heterocycles. The Kier molecular flexibility index (Phi) is 3.91. The molecule has 1 aromatic rings. The van der Waals surface area contributed by atoms with E-state index in [1.54, 1.807) is 0 Å². The molecule has 0 radical (unpaired) electrons. The molecule has 5 heteroatoms. The maximum atomic E-state index is 5.89. The van der Waals surface area contributed by atoms with Gasteiger partial charge in [0.15, 0.2) is 5.96 Å². The first-order valence-corrected chi connectivity index (χ1v) is 6.61. The molecule has 0 amide bonds. The lowest BCUT2D eigenvalue weighted by Crippen LogP contribution is -2.46. The van der Waals surface area contributed by atoms with Crippen LogP contribution in [0.2, 0.25) is 5.02 Å². The molecule has 0 bridgehead atoms. The van der Waals surface area contributed by atoms with Crippen LogP contribution in [-0.4, -0.2) is 23.9 Å².